The van der Waals surface area contributed by atoms with Crippen LogP contribution in [-0.2, 0) is 9.53 Å². The number of allylic oxidation sites excluding steroid dienone is 1. The number of amides is 2. The number of para-hydroxylation sites is 1. The van der Waals surface area contributed by atoms with Crippen molar-refractivity contribution in [2.45, 2.75) is 12.8 Å². The molecule has 0 N–H and O–H groups in total. The molecule has 0 aliphatic carbocycles. The van der Waals surface area contributed by atoms with Gasteiger partial charge in [0.25, 0.3) is 11.8 Å². The third kappa shape index (κ3) is 3.37. The molecule has 0 radical (unpaired) electrons. The molecule has 6 heteroatoms. The molecule has 0 unspecified atom stereocenters. The van der Waals surface area contributed by atoms with E-state index in [1.807, 2.05) is 18.2 Å². The number of carbonyl (C=O) groups excluding carboxylic acids is 2. The van der Waals surface area contributed by atoms with Gasteiger partial charge in [-0.3, -0.25) is 9.59 Å². The molecule has 2 aliphatic heterocycles. The first-order valence-corrected chi connectivity index (χ1v) is 8.25. The average molecular weight is 330 g/mol. The molecule has 0 aromatic heterocycles. The van der Waals surface area contributed by atoms with Crippen molar-refractivity contribution in [2.24, 2.45) is 0 Å². The zero-order valence-corrected chi connectivity index (χ0v) is 13.9. The zero-order valence-electron chi connectivity index (χ0n) is 13.9. The summed E-state index contributed by atoms with van der Waals surface area (Å²) in [5.41, 5.74) is 0.554. The first kappa shape index (κ1) is 16.4. The summed E-state index contributed by atoms with van der Waals surface area (Å²) < 4.78 is 10.7. The topological polar surface area (TPSA) is 59.1 Å². The molecule has 24 heavy (non-hydrogen) atoms. The van der Waals surface area contributed by atoms with Gasteiger partial charge in [-0.15, -0.1) is 0 Å². The Balaban J connectivity index is 1.61. The summed E-state index contributed by atoms with van der Waals surface area (Å²) in [6.45, 7) is 2.65. The van der Waals surface area contributed by atoms with E-state index in [9.17, 15) is 9.59 Å². The van der Waals surface area contributed by atoms with Crippen molar-refractivity contribution in [1.82, 2.24) is 9.80 Å². The van der Waals surface area contributed by atoms with E-state index in [0.29, 0.717) is 49.9 Å². The predicted molar refractivity (Wildman–Crippen MR) is 88.7 cm³/mol. The molecule has 0 saturated carbocycles. The molecule has 0 bridgehead atoms. The molecule has 1 aromatic carbocycles. The Morgan fingerprint density at radius 1 is 1.04 bits per heavy atom. The standard InChI is InChI=1S/C18H22N2O4/c1-23-15-7-3-2-6-14(15)17(21)19-9-11-20(12-10-19)18(22)16-8-4-5-13-24-16/h2-3,6-8H,4-5,9-13H2,1H3. The van der Waals surface area contributed by atoms with Crippen LogP contribution in [-0.4, -0.2) is 61.5 Å². The maximum Gasteiger partial charge on any atom is 0.288 e. The Morgan fingerprint density at radius 2 is 1.71 bits per heavy atom. The third-order valence-corrected chi connectivity index (χ3v) is 4.34. The second-order valence-corrected chi connectivity index (χ2v) is 5.84. The van der Waals surface area contributed by atoms with Crippen LogP contribution in [0.15, 0.2) is 36.1 Å². The number of piperazine rings is 1. The van der Waals surface area contributed by atoms with Crippen LogP contribution in [0.1, 0.15) is 23.2 Å². The summed E-state index contributed by atoms with van der Waals surface area (Å²) in [7, 11) is 1.56. The molecule has 3 rings (SSSR count). The lowest BCUT2D eigenvalue weighted by Crippen LogP contribution is -2.51. The van der Waals surface area contributed by atoms with Gasteiger partial charge < -0.3 is 19.3 Å². The highest BCUT2D eigenvalue weighted by atomic mass is 16.5. The minimum atomic E-state index is -0.0703. The number of ether oxygens (including phenoxy) is 2. The fourth-order valence-electron chi connectivity index (χ4n) is 2.97. The summed E-state index contributed by atoms with van der Waals surface area (Å²) in [4.78, 5) is 28.6. The summed E-state index contributed by atoms with van der Waals surface area (Å²) in [5.74, 6) is 0.888. The normalized spacial score (nSPS) is 17.8. The van der Waals surface area contributed by atoms with E-state index in [2.05, 4.69) is 0 Å². The molecule has 2 amide bonds. The van der Waals surface area contributed by atoms with Crippen molar-refractivity contribution >= 4 is 11.8 Å². The number of nitrogens with zero attached hydrogens (tertiary/aromatic N) is 2. The van der Waals surface area contributed by atoms with Gasteiger partial charge in [0.05, 0.1) is 19.3 Å². The zero-order chi connectivity index (χ0) is 16.9. The summed E-state index contributed by atoms with van der Waals surface area (Å²) >= 11 is 0. The van der Waals surface area contributed by atoms with E-state index in [1.54, 1.807) is 29.0 Å². The van der Waals surface area contributed by atoms with Crippen molar-refractivity contribution in [2.75, 3.05) is 39.9 Å². The lowest BCUT2D eigenvalue weighted by atomic mass is 10.1. The fraction of sp³-hybridized carbons (Fsp3) is 0.444. The van der Waals surface area contributed by atoms with Gasteiger partial charge in [0, 0.05) is 26.2 Å². The number of hydrogen-bond donors (Lipinski definition) is 0. The Kier molecular flexibility index (Phi) is 5.03. The Labute approximate surface area is 141 Å². The van der Waals surface area contributed by atoms with Crippen molar-refractivity contribution in [1.29, 1.82) is 0 Å². The first-order chi connectivity index (χ1) is 11.7. The Morgan fingerprint density at radius 3 is 2.33 bits per heavy atom. The van der Waals surface area contributed by atoms with Crippen molar-refractivity contribution < 1.29 is 19.1 Å². The SMILES string of the molecule is COc1ccccc1C(=O)N1CCN(C(=O)C2=CCCCO2)CC1. The van der Waals surface area contributed by atoms with Crippen LogP contribution in [0.2, 0.25) is 0 Å². The summed E-state index contributed by atoms with van der Waals surface area (Å²) in [6.07, 6.45) is 3.70. The molecule has 2 heterocycles. The summed E-state index contributed by atoms with van der Waals surface area (Å²) in [5, 5.41) is 0. The van der Waals surface area contributed by atoms with Crippen molar-refractivity contribution in [3.63, 3.8) is 0 Å². The minimum absolute atomic E-state index is 0.0623. The van der Waals surface area contributed by atoms with Gasteiger partial charge in [-0.05, 0) is 31.1 Å². The lowest BCUT2D eigenvalue weighted by molar-refractivity contribution is -0.132. The second kappa shape index (κ2) is 7.38. The monoisotopic (exact) mass is 330 g/mol. The largest absolute Gasteiger partial charge is 0.496 e. The smallest absolute Gasteiger partial charge is 0.288 e. The lowest BCUT2D eigenvalue weighted by Gasteiger charge is -2.35. The first-order valence-electron chi connectivity index (χ1n) is 8.25. The highest BCUT2D eigenvalue weighted by Gasteiger charge is 2.28. The highest BCUT2D eigenvalue weighted by Crippen LogP contribution is 2.21. The van der Waals surface area contributed by atoms with Gasteiger partial charge >= 0.3 is 0 Å². The molecular weight excluding hydrogens is 308 g/mol. The van der Waals surface area contributed by atoms with Crippen molar-refractivity contribution in [3.05, 3.63) is 41.7 Å². The molecular formula is C18H22N2O4. The second-order valence-electron chi connectivity index (χ2n) is 5.84. The van der Waals surface area contributed by atoms with Crippen LogP contribution in [0.3, 0.4) is 0 Å². The van der Waals surface area contributed by atoms with Gasteiger partial charge in [0.1, 0.15) is 5.75 Å². The molecule has 1 saturated heterocycles. The molecule has 1 aromatic rings. The maximum absolute atomic E-state index is 12.7. The molecule has 1 fully saturated rings. The number of hydrogen-bond acceptors (Lipinski definition) is 4. The van der Waals surface area contributed by atoms with Gasteiger partial charge in [0.15, 0.2) is 5.76 Å². The molecule has 0 atom stereocenters. The van der Waals surface area contributed by atoms with Gasteiger partial charge in [-0.2, -0.15) is 0 Å². The maximum atomic E-state index is 12.7. The van der Waals surface area contributed by atoms with E-state index in [4.69, 9.17) is 9.47 Å². The van der Waals surface area contributed by atoms with Crippen LogP contribution in [0.25, 0.3) is 0 Å². The highest BCUT2D eigenvalue weighted by molar-refractivity contribution is 5.97. The van der Waals surface area contributed by atoms with Crippen LogP contribution < -0.4 is 4.74 Å². The Hall–Kier alpha value is -2.50. The molecule has 6 nitrogen and oxygen atoms in total. The van der Waals surface area contributed by atoms with Crippen LogP contribution in [0.4, 0.5) is 0 Å². The number of carbonyl (C=O) groups is 2. The van der Waals surface area contributed by atoms with Crippen LogP contribution in [0, 0.1) is 0 Å². The fourth-order valence-corrected chi connectivity index (χ4v) is 2.97. The van der Waals surface area contributed by atoms with Crippen LogP contribution >= 0.6 is 0 Å². The predicted octanol–water partition coefficient (Wildman–Crippen LogP) is 1.67. The quantitative estimate of drug-likeness (QED) is 0.846. The number of benzene rings is 1. The van der Waals surface area contributed by atoms with E-state index in [1.165, 1.54) is 0 Å². The molecule has 0 spiro atoms. The molecule has 2 aliphatic rings. The van der Waals surface area contributed by atoms with Gasteiger partial charge in [-0.25, -0.2) is 0 Å². The summed E-state index contributed by atoms with van der Waals surface area (Å²) in [6, 6.07) is 7.20. The van der Waals surface area contributed by atoms with E-state index in [-0.39, 0.29) is 11.8 Å². The van der Waals surface area contributed by atoms with Gasteiger partial charge in [-0.1, -0.05) is 12.1 Å². The van der Waals surface area contributed by atoms with E-state index in [0.717, 1.165) is 12.8 Å². The average Bonchev–Trinajstić information content (AvgIpc) is 2.67. The Bertz CT molecular complexity index is 648. The van der Waals surface area contributed by atoms with Gasteiger partial charge in [0.2, 0.25) is 0 Å². The molecule has 128 valence electrons. The number of methoxy groups -OCH3 is 1. The van der Waals surface area contributed by atoms with E-state index >= 15 is 0 Å². The minimum Gasteiger partial charge on any atom is -0.496 e. The third-order valence-electron chi connectivity index (χ3n) is 4.34. The van der Waals surface area contributed by atoms with Crippen LogP contribution in [0.5, 0.6) is 5.75 Å². The number of rotatable bonds is 3. The van der Waals surface area contributed by atoms with Crippen molar-refractivity contribution in [3.8, 4) is 5.75 Å². The van der Waals surface area contributed by atoms with E-state index < -0.39 is 0 Å².